The van der Waals surface area contributed by atoms with E-state index in [4.69, 9.17) is 14.2 Å². The van der Waals surface area contributed by atoms with Crippen molar-refractivity contribution in [3.63, 3.8) is 0 Å². The molecule has 6 heteroatoms. The number of amides is 1. The summed E-state index contributed by atoms with van der Waals surface area (Å²) in [7, 11) is 0. The number of fused-ring (bicyclic) bond motifs is 2. The summed E-state index contributed by atoms with van der Waals surface area (Å²) in [6, 6.07) is 6.11. The molecule has 2 saturated heterocycles. The first-order chi connectivity index (χ1) is 11.2. The number of carbonyl (C=O) groups excluding carboxylic acids is 1. The Bertz CT molecular complexity index is 606. The van der Waals surface area contributed by atoms with E-state index < -0.39 is 0 Å². The molecule has 6 nitrogen and oxygen atoms in total. The summed E-state index contributed by atoms with van der Waals surface area (Å²) in [5.74, 6) is 2.19. The van der Waals surface area contributed by atoms with Crippen LogP contribution in [-0.2, 0) is 16.1 Å². The lowest BCUT2D eigenvalue weighted by molar-refractivity contribution is -0.129. The van der Waals surface area contributed by atoms with Gasteiger partial charge in [0, 0.05) is 45.6 Å². The minimum absolute atomic E-state index is 0.142. The monoisotopic (exact) mass is 318 g/mol. The average molecular weight is 318 g/mol. The van der Waals surface area contributed by atoms with Crippen LogP contribution in [0.15, 0.2) is 18.2 Å². The topological polar surface area (TPSA) is 51.2 Å². The van der Waals surface area contributed by atoms with E-state index in [2.05, 4.69) is 17.0 Å². The minimum Gasteiger partial charge on any atom is -0.454 e. The average Bonchev–Trinajstić information content (AvgIpc) is 3.08. The first-order valence-electron chi connectivity index (χ1n) is 8.17. The van der Waals surface area contributed by atoms with E-state index in [0.29, 0.717) is 25.9 Å². The number of likely N-dealkylation sites (tertiary alicyclic amines) is 1. The van der Waals surface area contributed by atoms with Gasteiger partial charge in [-0.1, -0.05) is 6.07 Å². The lowest BCUT2D eigenvalue weighted by Crippen LogP contribution is -2.35. The van der Waals surface area contributed by atoms with Crippen LogP contribution in [-0.4, -0.2) is 61.4 Å². The van der Waals surface area contributed by atoms with Crippen molar-refractivity contribution < 1.29 is 19.0 Å². The minimum atomic E-state index is 0.142. The fourth-order valence-electron chi connectivity index (χ4n) is 3.69. The summed E-state index contributed by atoms with van der Waals surface area (Å²) in [4.78, 5) is 16.0. The Morgan fingerprint density at radius 3 is 2.96 bits per heavy atom. The normalized spacial score (nSPS) is 26.9. The van der Waals surface area contributed by atoms with E-state index >= 15 is 0 Å². The van der Waals surface area contributed by atoms with Crippen molar-refractivity contribution >= 4 is 5.91 Å². The highest BCUT2D eigenvalue weighted by Gasteiger charge is 2.37. The molecule has 0 bridgehead atoms. The van der Waals surface area contributed by atoms with Gasteiger partial charge < -0.3 is 19.1 Å². The number of carbonyl (C=O) groups is 1. The second-order valence-electron chi connectivity index (χ2n) is 6.52. The second-order valence-corrected chi connectivity index (χ2v) is 6.52. The Morgan fingerprint density at radius 1 is 1.22 bits per heavy atom. The van der Waals surface area contributed by atoms with E-state index in [-0.39, 0.29) is 12.0 Å². The van der Waals surface area contributed by atoms with Crippen LogP contribution in [0.2, 0.25) is 0 Å². The Hall–Kier alpha value is -1.79. The van der Waals surface area contributed by atoms with Crippen molar-refractivity contribution in [2.45, 2.75) is 19.6 Å². The number of hydrogen-bond acceptors (Lipinski definition) is 5. The largest absolute Gasteiger partial charge is 0.454 e. The van der Waals surface area contributed by atoms with Crippen molar-refractivity contribution in [1.82, 2.24) is 9.80 Å². The summed E-state index contributed by atoms with van der Waals surface area (Å²) in [6.07, 6.45) is 0.230. The van der Waals surface area contributed by atoms with Crippen molar-refractivity contribution in [2.75, 3.05) is 39.6 Å². The van der Waals surface area contributed by atoms with Gasteiger partial charge in [0.05, 0.1) is 12.7 Å². The van der Waals surface area contributed by atoms with Gasteiger partial charge in [-0.2, -0.15) is 0 Å². The molecule has 3 aliphatic rings. The standard InChI is InChI=1S/C17H22N2O4/c1-12(20)19-4-5-21-17-10-18(8-14(17)9-19)7-13-2-3-15-16(6-13)23-11-22-15/h2-3,6,14,17H,4-5,7-11H2,1H3/t14-,17-/m1/s1. The van der Waals surface area contributed by atoms with Gasteiger partial charge in [0.2, 0.25) is 12.7 Å². The molecule has 0 saturated carbocycles. The van der Waals surface area contributed by atoms with E-state index in [1.165, 1.54) is 5.56 Å². The van der Waals surface area contributed by atoms with Crippen LogP contribution >= 0.6 is 0 Å². The molecule has 0 aromatic heterocycles. The zero-order valence-corrected chi connectivity index (χ0v) is 13.4. The van der Waals surface area contributed by atoms with Crippen molar-refractivity contribution in [1.29, 1.82) is 0 Å². The smallest absolute Gasteiger partial charge is 0.231 e. The highest BCUT2D eigenvalue weighted by molar-refractivity contribution is 5.73. The molecule has 2 atom stereocenters. The summed E-state index contributed by atoms with van der Waals surface area (Å²) >= 11 is 0. The summed E-state index contributed by atoms with van der Waals surface area (Å²) in [6.45, 7) is 6.85. The number of ether oxygens (including phenoxy) is 3. The quantitative estimate of drug-likeness (QED) is 0.817. The fourth-order valence-corrected chi connectivity index (χ4v) is 3.69. The molecular formula is C17H22N2O4. The van der Waals surface area contributed by atoms with Crippen molar-refractivity contribution in [2.24, 2.45) is 5.92 Å². The van der Waals surface area contributed by atoms with Gasteiger partial charge in [-0.15, -0.1) is 0 Å². The molecule has 1 aromatic rings. The Labute approximate surface area is 135 Å². The molecule has 23 heavy (non-hydrogen) atoms. The Kier molecular flexibility index (Phi) is 3.87. The maximum absolute atomic E-state index is 11.7. The molecule has 0 aliphatic carbocycles. The molecule has 3 aliphatic heterocycles. The molecule has 1 amide bonds. The van der Waals surface area contributed by atoms with Gasteiger partial charge in [-0.25, -0.2) is 0 Å². The van der Waals surface area contributed by atoms with Crippen molar-refractivity contribution in [3.05, 3.63) is 23.8 Å². The van der Waals surface area contributed by atoms with E-state index in [1.807, 2.05) is 11.0 Å². The summed E-state index contributed by atoms with van der Waals surface area (Å²) in [5, 5.41) is 0. The van der Waals surface area contributed by atoms with Gasteiger partial charge >= 0.3 is 0 Å². The number of benzene rings is 1. The third-order valence-corrected chi connectivity index (χ3v) is 4.89. The van der Waals surface area contributed by atoms with E-state index in [0.717, 1.165) is 37.7 Å². The predicted molar refractivity (Wildman–Crippen MR) is 83.3 cm³/mol. The first-order valence-corrected chi connectivity index (χ1v) is 8.17. The molecule has 0 radical (unpaired) electrons. The maximum atomic E-state index is 11.7. The van der Waals surface area contributed by atoms with Crippen LogP contribution in [0, 0.1) is 5.92 Å². The third-order valence-electron chi connectivity index (χ3n) is 4.89. The summed E-state index contributed by atoms with van der Waals surface area (Å²) < 4.78 is 16.8. The molecular weight excluding hydrogens is 296 g/mol. The third kappa shape index (κ3) is 3.01. The second kappa shape index (κ2) is 6.02. The van der Waals surface area contributed by atoms with Crippen LogP contribution < -0.4 is 9.47 Å². The Morgan fingerprint density at radius 2 is 2.09 bits per heavy atom. The molecule has 2 fully saturated rings. The lowest BCUT2D eigenvalue weighted by Gasteiger charge is -2.22. The highest BCUT2D eigenvalue weighted by atomic mass is 16.7. The Balaban J connectivity index is 1.41. The molecule has 124 valence electrons. The van der Waals surface area contributed by atoms with Crippen LogP contribution in [0.1, 0.15) is 12.5 Å². The van der Waals surface area contributed by atoms with Gasteiger partial charge in [0.25, 0.3) is 0 Å². The molecule has 0 unspecified atom stereocenters. The number of rotatable bonds is 2. The zero-order chi connectivity index (χ0) is 15.8. The molecule has 0 N–H and O–H groups in total. The number of hydrogen-bond donors (Lipinski definition) is 0. The molecule has 4 rings (SSSR count). The zero-order valence-electron chi connectivity index (χ0n) is 13.4. The van der Waals surface area contributed by atoms with Gasteiger partial charge in [0.1, 0.15) is 0 Å². The SMILES string of the molecule is CC(=O)N1CCO[C@@H]2CN(Cc3ccc4c(c3)OCO4)C[C@@H]2C1. The first kappa shape index (κ1) is 14.8. The fraction of sp³-hybridized carbons (Fsp3) is 0.588. The van der Waals surface area contributed by atoms with Gasteiger partial charge in [-0.3, -0.25) is 9.69 Å². The number of nitrogens with zero attached hydrogens (tertiary/aromatic N) is 2. The van der Waals surface area contributed by atoms with Crippen LogP contribution in [0.5, 0.6) is 11.5 Å². The van der Waals surface area contributed by atoms with E-state index in [1.54, 1.807) is 6.92 Å². The maximum Gasteiger partial charge on any atom is 0.231 e. The van der Waals surface area contributed by atoms with Gasteiger partial charge in [-0.05, 0) is 17.7 Å². The highest BCUT2D eigenvalue weighted by Crippen LogP contribution is 2.33. The molecule has 1 aromatic carbocycles. The van der Waals surface area contributed by atoms with Crippen LogP contribution in [0.4, 0.5) is 0 Å². The van der Waals surface area contributed by atoms with Crippen molar-refractivity contribution in [3.8, 4) is 11.5 Å². The van der Waals surface area contributed by atoms with E-state index in [9.17, 15) is 4.79 Å². The van der Waals surface area contributed by atoms with Crippen LogP contribution in [0.25, 0.3) is 0 Å². The summed E-state index contributed by atoms with van der Waals surface area (Å²) in [5.41, 5.74) is 1.22. The van der Waals surface area contributed by atoms with Gasteiger partial charge in [0.15, 0.2) is 11.5 Å². The predicted octanol–water partition coefficient (Wildman–Crippen LogP) is 1.09. The lowest BCUT2D eigenvalue weighted by atomic mass is 10.1. The van der Waals surface area contributed by atoms with Crippen LogP contribution in [0.3, 0.4) is 0 Å². The molecule has 3 heterocycles. The molecule has 0 spiro atoms.